The van der Waals surface area contributed by atoms with Gasteiger partial charge in [-0.1, -0.05) is 31.2 Å². The summed E-state index contributed by atoms with van der Waals surface area (Å²) in [6.45, 7) is 3.40. The van der Waals surface area contributed by atoms with E-state index in [-0.39, 0.29) is 24.3 Å². The molecule has 1 aliphatic carbocycles. The number of nitrogens with one attached hydrogen (secondary N) is 1. The molecule has 0 spiro atoms. The number of carbonyl (C=O) groups is 1. The van der Waals surface area contributed by atoms with E-state index in [4.69, 9.17) is 9.47 Å². The van der Waals surface area contributed by atoms with E-state index in [0.717, 1.165) is 12.8 Å². The van der Waals surface area contributed by atoms with E-state index in [2.05, 4.69) is 30.4 Å². The molecular weight excluding hydrogens is 292 g/mol. The number of nitrogens with zero attached hydrogens (tertiary/aromatic N) is 1. The summed E-state index contributed by atoms with van der Waals surface area (Å²) in [6.07, 6.45) is 1.98. The van der Waals surface area contributed by atoms with Gasteiger partial charge in [0, 0.05) is 14.2 Å². The molecule has 0 saturated carbocycles. The van der Waals surface area contributed by atoms with Crippen molar-refractivity contribution in [3.05, 3.63) is 35.4 Å². The quantitative estimate of drug-likeness (QED) is 0.932. The zero-order valence-corrected chi connectivity index (χ0v) is 14.1. The van der Waals surface area contributed by atoms with Crippen LogP contribution in [0, 0.1) is 0 Å². The summed E-state index contributed by atoms with van der Waals surface area (Å²) in [5.41, 5.74) is 2.61. The van der Waals surface area contributed by atoms with Crippen LogP contribution in [0.25, 0.3) is 0 Å². The van der Waals surface area contributed by atoms with E-state index in [0.29, 0.717) is 19.0 Å². The van der Waals surface area contributed by atoms with E-state index >= 15 is 0 Å². The van der Waals surface area contributed by atoms with Crippen LogP contribution in [0.4, 0.5) is 4.79 Å². The Morgan fingerprint density at radius 1 is 1.09 bits per heavy atom. The smallest absolute Gasteiger partial charge is 0.318 e. The summed E-state index contributed by atoms with van der Waals surface area (Å²) in [5, 5.41) is 3.20. The van der Waals surface area contributed by atoms with Gasteiger partial charge in [-0.3, -0.25) is 0 Å². The largest absolute Gasteiger partial charge is 0.377 e. The maximum Gasteiger partial charge on any atom is 0.318 e. The van der Waals surface area contributed by atoms with Crippen LogP contribution in [0.2, 0.25) is 0 Å². The summed E-state index contributed by atoms with van der Waals surface area (Å²) >= 11 is 0. The second kappa shape index (κ2) is 6.89. The Labute approximate surface area is 137 Å². The van der Waals surface area contributed by atoms with Crippen LogP contribution < -0.4 is 5.32 Å². The summed E-state index contributed by atoms with van der Waals surface area (Å²) in [7, 11) is 3.33. The van der Waals surface area contributed by atoms with E-state index in [9.17, 15) is 4.79 Å². The molecule has 1 aromatic rings. The van der Waals surface area contributed by atoms with Gasteiger partial charge >= 0.3 is 6.03 Å². The summed E-state index contributed by atoms with van der Waals surface area (Å²) in [5.74, 6) is 0.557. The molecule has 23 heavy (non-hydrogen) atoms. The predicted octanol–water partition coefficient (Wildman–Crippen LogP) is 2.68. The number of carbonyl (C=O) groups excluding carboxylic acids is 1. The molecule has 126 valence electrons. The third-order valence-electron chi connectivity index (χ3n) is 5.20. The van der Waals surface area contributed by atoms with Gasteiger partial charge in [0.15, 0.2) is 0 Å². The summed E-state index contributed by atoms with van der Waals surface area (Å²) in [4.78, 5) is 14.4. The van der Waals surface area contributed by atoms with Crippen LogP contribution in [-0.4, -0.2) is 50.4 Å². The van der Waals surface area contributed by atoms with E-state index in [1.54, 1.807) is 19.1 Å². The number of methoxy groups -OCH3 is 2. The number of hydrogen-bond donors (Lipinski definition) is 1. The lowest BCUT2D eigenvalue weighted by Crippen LogP contribution is -2.42. The topological polar surface area (TPSA) is 50.8 Å². The fourth-order valence-electron chi connectivity index (χ4n) is 3.76. The van der Waals surface area contributed by atoms with E-state index in [1.807, 2.05) is 6.07 Å². The van der Waals surface area contributed by atoms with Crippen molar-refractivity contribution in [2.45, 2.75) is 43.9 Å². The van der Waals surface area contributed by atoms with Crippen LogP contribution >= 0.6 is 0 Å². The fourth-order valence-corrected chi connectivity index (χ4v) is 3.76. The van der Waals surface area contributed by atoms with Crippen molar-refractivity contribution in [3.8, 4) is 0 Å². The Morgan fingerprint density at radius 3 is 2.30 bits per heavy atom. The van der Waals surface area contributed by atoms with Crippen molar-refractivity contribution >= 4 is 6.03 Å². The van der Waals surface area contributed by atoms with Crippen molar-refractivity contribution in [2.24, 2.45) is 0 Å². The lowest BCUT2D eigenvalue weighted by atomic mass is 9.81. The van der Waals surface area contributed by atoms with Crippen LogP contribution in [0.3, 0.4) is 0 Å². The van der Waals surface area contributed by atoms with Gasteiger partial charge in [0.05, 0.1) is 19.1 Å². The SMILES string of the molecule is CO[C@H]1CN(C(=O)NC2CCC(C)c3ccccc32)C[C@H]1OC. The number of amides is 2. The monoisotopic (exact) mass is 318 g/mol. The summed E-state index contributed by atoms with van der Waals surface area (Å²) in [6, 6.07) is 8.50. The molecule has 4 atom stereocenters. The average Bonchev–Trinajstić information content (AvgIpc) is 3.01. The number of likely N-dealkylation sites (tertiary alicyclic amines) is 1. The third-order valence-corrected chi connectivity index (χ3v) is 5.20. The van der Waals surface area contributed by atoms with Gasteiger partial charge < -0.3 is 19.7 Å². The molecule has 1 aromatic carbocycles. The van der Waals surface area contributed by atoms with Gasteiger partial charge in [0.2, 0.25) is 0 Å². The first-order chi connectivity index (χ1) is 11.1. The maximum atomic E-state index is 12.6. The molecule has 3 rings (SSSR count). The number of ether oxygens (including phenoxy) is 2. The molecule has 0 bridgehead atoms. The molecule has 1 N–H and O–H groups in total. The number of fused-ring (bicyclic) bond motifs is 1. The van der Waals surface area contributed by atoms with Crippen LogP contribution in [-0.2, 0) is 9.47 Å². The van der Waals surface area contributed by atoms with Gasteiger partial charge in [-0.2, -0.15) is 0 Å². The van der Waals surface area contributed by atoms with E-state index < -0.39 is 0 Å². The molecule has 0 aromatic heterocycles. The lowest BCUT2D eigenvalue weighted by Gasteiger charge is -2.31. The average molecular weight is 318 g/mol. The molecule has 0 radical (unpaired) electrons. The van der Waals surface area contributed by atoms with Gasteiger partial charge in [-0.15, -0.1) is 0 Å². The number of hydrogen-bond acceptors (Lipinski definition) is 3. The minimum absolute atomic E-state index is 0.0269. The van der Waals surface area contributed by atoms with Crippen molar-refractivity contribution < 1.29 is 14.3 Å². The number of rotatable bonds is 3. The molecule has 2 unspecified atom stereocenters. The Morgan fingerprint density at radius 2 is 1.70 bits per heavy atom. The minimum atomic E-state index is -0.0515. The molecular formula is C18H26N2O3. The Kier molecular flexibility index (Phi) is 4.87. The molecule has 1 fully saturated rings. The molecule has 5 heteroatoms. The van der Waals surface area contributed by atoms with Crippen LogP contribution in [0.15, 0.2) is 24.3 Å². The second-order valence-corrected chi connectivity index (χ2v) is 6.56. The molecule has 5 nitrogen and oxygen atoms in total. The highest BCUT2D eigenvalue weighted by molar-refractivity contribution is 5.75. The Bertz CT molecular complexity index is 551. The van der Waals surface area contributed by atoms with Crippen molar-refractivity contribution in [1.29, 1.82) is 0 Å². The lowest BCUT2D eigenvalue weighted by molar-refractivity contribution is -0.00461. The van der Waals surface area contributed by atoms with Crippen molar-refractivity contribution in [3.63, 3.8) is 0 Å². The van der Waals surface area contributed by atoms with Crippen molar-refractivity contribution in [2.75, 3.05) is 27.3 Å². The Balaban J connectivity index is 1.68. The molecule has 2 amide bonds. The first-order valence-electron chi connectivity index (χ1n) is 8.34. The van der Waals surface area contributed by atoms with Gasteiger partial charge in [-0.25, -0.2) is 4.79 Å². The zero-order valence-electron chi connectivity index (χ0n) is 14.1. The maximum absolute atomic E-state index is 12.6. The van der Waals surface area contributed by atoms with Crippen molar-refractivity contribution in [1.82, 2.24) is 10.2 Å². The highest BCUT2D eigenvalue weighted by Gasteiger charge is 2.36. The first kappa shape index (κ1) is 16.3. The Hall–Kier alpha value is -1.59. The first-order valence-corrected chi connectivity index (χ1v) is 8.34. The number of benzene rings is 1. The van der Waals surface area contributed by atoms with Crippen LogP contribution in [0.5, 0.6) is 0 Å². The number of urea groups is 1. The highest BCUT2D eigenvalue weighted by Crippen LogP contribution is 2.37. The molecule has 1 heterocycles. The minimum Gasteiger partial charge on any atom is -0.377 e. The standard InChI is InChI=1S/C18H26N2O3/c1-12-8-9-15(14-7-5-4-6-13(12)14)19-18(21)20-10-16(22-2)17(11-20)23-3/h4-7,12,15-17H,8-11H2,1-3H3,(H,19,21)/t12?,15?,16-,17+. The zero-order chi connectivity index (χ0) is 16.4. The van der Waals surface area contributed by atoms with Gasteiger partial charge in [0.1, 0.15) is 12.2 Å². The summed E-state index contributed by atoms with van der Waals surface area (Å²) < 4.78 is 10.8. The van der Waals surface area contributed by atoms with Crippen LogP contribution in [0.1, 0.15) is 42.9 Å². The molecule has 1 aliphatic heterocycles. The highest BCUT2D eigenvalue weighted by atomic mass is 16.5. The molecule has 2 aliphatic rings. The fraction of sp³-hybridized carbons (Fsp3) is 0.611. The second-order valence-electron chi connectivity index (χ2n) is 6.56. The third kappa shape index (κ3) is 3.21. The predicted molar refractivity (Wildman–Crippen MR) is 88.5 cm³/mol. The molecule has 1 saturated heterocycles. The van der Waals surface area contributed by atoms with Gasteiger partial charge in [0.25, 0.3) is 0 Å². The van der Waals surface area contributed by atoms with Gasteiger partial charge in [-0.05, 0) is 29.9 Å². The normalized spacial score (nSPS) is 30.1. The van der Waals surface area contributed by atoms with E-state index in [1.165, 1.54) is 11.1 Å².